The van der Waals surface area contributed by atoms with Gasteiger partial charge in [0, 0.05) is 24.6 Å². The predicted molar refractivity (Wildman–Crippen MR) is 120 cm³/mol. The van der Waals surface area contributed by atoms with Crippen molar-refractivity contribution in [3.63, 3.8) is 0 Å². The summed E-state index contributed by atoms with van der Waals surface area (Å²) in [6.07, 6.45) is 5.78. The van der Waals surface area contributed by atoms with E-state index in [9.17, 15) is 4.79 Å². The number of aryl methyl sites for hydroxylation is 1. The van der Waals surface area contributed by atoms with Crippen LogP contribution in [0.5, 0.6) is 0 Å². The Kier molecular flexibility index (Phi) is 6.74. The Hall–Kier alpha value is -3.75. The molecule has 0 bridgehead atoms. The molecular formula is C23H26N8O. The van der Waals surface area contributed by atoms with Crippen LogP contribution in [-0.2, 0) is 13.0 Å². The molecule has 9 nitrogen and oxygen atoms in total. The number of nitrogens with one attached hydrogen (secondary N) is 1. The molecule has 4 rings (SSSR count). The molecule has 164 valence electrons. The summed E-state index contributed by atoms with van der Waals surface area (Å²) in [5.74, 6) is 1.65. The molecular weight excluding hydrogens is 404 g/mol. The molecule has 1 N–H and O–H groups in total. The van der Waals surface area contributed by atoms with E-state index < -0.39 is 0 Å². The Morgan fingerprint density at radius 1 is 1.09 bits per heavy atom. The highest BCUT2D eigenvalue weighted by Crippen LogP contribution is 2.28. The van der Waals surface area contributed by atoms with Crippen molar-refractivity contribution in [1.29, 1.82) is 0 Å². The number of benzene rings is 1. The molecule has 0 radical (unpaired) electrons. The summed E-state index contributed by atoms with van der Waals surface area (Å²) in [5, 5.41) is 18.7. The number of nitrogens with zero attached hydrogens (tertiary/aromatic N) is 7. The number of unbranched alkanes of at least 4 members (excludes halogenated alkanes) is 1. The van der Waals surface area contributed by atoms with Gasteiger partial charge in [-0.1, -0.05) is 50.6 Å². The van der Waals surface area contributed by atoms with E-state index >= 15 is 0 Å². The normalized spacial score (nSPS) is 11.1. The second kappa shape index (κ2) is 10.0. The highest BCUT2D eigenvalue weighted by molar-refractivity contribution is 5.92. The van der Waals surface area contributed by atoms with Crippen molar-refractivity contribution in [2.24, 2.45) is 0 Å². The van der Waals surface area contributed by atoms with Crippen molar-refractivity contribution in [2.45, 2.75) is 52.5 Å². The summed E-state index contributed by atoms with van der Waals surface area (Å²) in [6, 6.07) is 12.1. The molecule has 0 aliphatic rings. The van der Waals surface area contributed by atoms with Gasteiger partial charge in [-0.2, -0.15) is 5.21 Å². The van der Waals surface area contributed by atoms with E-state index in [2.05, 4.69) is 61.7 Å². The number of hydrogen-bond donors (Lipinski definition) is 1. The van der Waals surface area contributed by atoms with Crippen LogP contribution in [0.4, 0.5) is 0 Å². The van der Waals surface area contributed by atoms with E-state index in [4.69, 9.17) is 0 Å². The van der Waals surface area contributed by atoms with Crippen LogP contribution in [0.15, 0.2) is 42.6 Å². The van der Waals surface area contributed by atoms with Crippen LogP contribution in [0.1, 0.15) is 61.5 Å². The Balaban J connectivity index is 1.56. The van der Waals surface area contributed by atoms with E-state index in [-0.39, 0.29) is 5.78 Å². The van der Waals surface area contributed by atoms with Crippen molar-refractivity contribution >= 4 is 5.78 Å². The summed E-state index contributed by atoms with van der Waals surface area (Å²) in [7, 11) is 0. The fourth-order valence-corrected chi connectivity index (χ4v) is 3.52. The van der Waals surface area contributed by atoms with Gasteiger partial charge in [0.25, 0.3) is 0 Å². The first kappa shape index (κ1) is 21.5. The molecule has 1 aromatic carbocycles. The Morgan fingerprint density at radius 2 is 1.94 bits per heavy atom. The molecule has 0 aliphatic heterocycles. The van der Waals surface area contributed by atoms with Crippen LogP contribution in [-0.4, -0.2) is 46.2 Å². The van der Waals surface area contributed by atoms with Crippen LogP contribution < -0.4 is 0 Å². The number of Topliss-reactive ketones (excluding diaryl/α,β-unsaturated/α-hetero) is 1. The smallest absolute Gasteiger partial charge is 0.223 e. The summed E-state index contributed by atoms with van der Waals surface area (Å²) in [5.41, 5.74) is 3.68. The van der Waals surface area contributed by atoms with Gasteiger partial charge in [0.15, 0.2) is 0 Å². The number of rotatable bonds is 10. The maximum atomic E-state index is 12.4. The van der Waals surface area contributed by atoms with Crippen LogP contribution >= 0.6 is 0 Å². The molecule has 3 heterocycles. The quantitative estimate of drug-likeness (QED) is 0.379. The fraction of sp³-hybridized carbons (Fsp3) is 0.348. The van der Waals surface area contributed by atoms with Gasteiger partial charge < -0.3 is 0 Å². The van der Waals surface area contributed by atoms with E-state index in [1.54, 1.807) is 6.20 Å². The Morgan fingerprint density at radius 3 is 2.66 bits per heavy atom. The predicted octanol–water partition coefficient (Wildman–Crippen LogP) is 3.89. The number of aromatic amines is 1. The minimum absolute atomic E-state index is 0.0175. The number of ketones is 1. The van der Waals surface area contributed by atoms with Gasteiger partial charge in [0.2, 0.25) is 17.4 Å². The average molecular weight is 431 g/mol. The first-order valence-electron chi connectivity index (χ1n) is 10.9. The lowest BCUT2D eigenvalue weighted by Crippen LogP contribution is -2.08. The summed E-state index contributed by atoms with van der Waals surface area (Å²) >= 11 is 0. The largest absolute Gasteiger partial charge is 0.291 e. The van der Waals surface area contributed by atoms with E-state index in [0.717, 1.165) is 48.2 Å². The van der Waals surface area contributed by atoms with Gasteiger partial charge in [-0.15, -0.1) is 15.3 Å². The third kappa shape index (κ3) is 4.77. The number of carbonyl (C=O) groups is 1. The monoisotopic (exact) mass is 430 g/mol. The zero-order valence-corrected chi connectivity index (χ0v) is 18.3. The van der Waals surface area contributed by atoms with Gasteiger partial charge >= 0.3 is 0 Å². The van der Waals surface area contributed by atoms with Gasteiger partial charge in [-0.25, -0.2) is 9.67 Å². The topological polar surface area (TPSA) is 115 Å². The standard InChI is InChI=1S/C23H26N8O/c1-3-5-9-19(32)22-25-20(7-4-2)31(28-22)15-16-10-12-17(13-11-16)18-8-6-14-24-21(18)23-26-29-30-27-23/h6,8,10-14H,3-5,7,9,15H2,1-2H3,(H,26,27,29,30). The van der Waals surface area contributed by atoms with Crippen LogP contribution in [0.2, 0.25) is 0 Å². The number of hydrogen-bond acceptors (Lipinski definition) is 7. The Bertz CT molecular complexity index is 1170. The molecule has 0 aliphatic carbocycles. The highest BCUT2D eigenvalue weighted by Gasteiger charge is 2.16. The molecule has 0 fully saturated rings. The molecule has 0 spiro atoms. The molecule has 0 amide bonds. The molecule has 0 unspecified atom stereocenters. The maximum Gasteiger partial charge on any atom is 0.223 e. The average Bonchev–Trinajstić information content (AvgIpc) is 3.49. The molecule has 9 heteroatoms. The van der Waals surface area contributed by atoms with Crippen LogP contribution in [0, 0.1) is 0 Å². The van der Waals surface area contributed by atoms with Crippen molar-refractivity contribution in [2.75, 3.05) is 0 Å². The van der Waals surface area contributed by atoms with E-state index in [1.807, 2.05) is 28.9 Å². The van der Waals surface area contributed by atoms with Crippen LogP contribution in [0.25, 0.3) is 22.6 Å². The van der Waals surface area contributed by atoms with Gasteiger partial charge in [-0.3, -0.25) is 9.78 Å². The Labute approximate surface area is 186 Å². The maximum absolute atomic E-state index is 12.4. The zero-order chi connectivity index (χ0) is 22.3. The molecule has 32 heavy (non-hydrogen) atoms. The van der Waals surface area contributed by atoms with Crippen molar-refractivity contribution in [1.82, 2.24) is 40.4 Å². The third-order valence-corrected chi connectivity index (χ3v) is 5.19. The van der Waals surface area contributed by atoms with E-state index in [1.165, 1.54) is 0 Å². The molecule has 0 saturated carbocycles. The molecule has 0 atom stereocenters. The number of pyridine rings is 1. The summed E-state index contributed by atoms with van der Waals surface area (Å²) in [6.45, 7) is 4.73. The number of H-pyrrole nitrogens is 1. The summed E-state index contributed by atoms with van der Waals surface area (Å²) in [4.78, 5) is 21.3. The summed E-state index contributed by atoms with van der Waals surface area (Å²) < 4.78 is 1.85. The lowest BCUT2D eigenvalue weighted by atomic mass is 10.0. The lowest BCUT2D eigenvalue weighted by molar-refractivity contribution is 0.0969. The number of aromatic nitrogens is 8. The van der Waals surface area contributed by atoms with Gasteiger partial charge in [0.05, 0.1) is 6.54 Å². The highest BCUT2D eigenvalue weighted by atomic mass is 16.1. The lowest BCUT2D eigenvalue weighted by Gasteiger charge is -2.08. The zero-order valence-electron chi connectivity index (χ0n) is 18.3. The second-order valence-electron chi connectivity index (χ2n) is 7.62. The van der Waals surface area contributed by atoms with E-state index in [0.29, 0.717) is 30.3 Å². The number of carbonyl (C=O) groups excluding carboxylic acids is 1. The van der Waals surface area contributed by atoms with Crippen molar-refractivity contribution in [3.05, 3.63) is 59.8 Å². The second-order valence-corrected chi connectivity index (χ2v) is 7.62. The van der Waals surface area contributed by atoms with Crippen molar-refractivity contribution in [3.8, 4) is 22.6 Å². The van der Waals surface area contributed by atoms with Crippen LogP contribution in [0.3, 0.4) is 0 Å². The third-order valence-electron chi connectivity index (χ3n) is 5.19. The SMILES string of the molecule is CCCCC(=O)c1nc(CCC)n(Cc2ccc(-c3cccnc3-c3nn[nH]n3)cc2)n1. The first-order chi connectivity index (χ1) is 15.7. The molecule has 0 saturated heterocycles. The van der Waals surface area contributed by atoms with Crippen molar-refractivity contribution < 1.29 is 4.79 Å². The minimum atomic E-state index is 0.0175. The minimum Gasteiger partial charge on any atom is -0.291 e. The first-order valence-corrected chi connectivity index (χ1v) is 10.9. The number of tetrazole rings is 1. The van der Waals surface area contributed by atoms with Gasteiger partial charge in [0.1, 0.15) is 11.5 Å². The van der Waals surface area contributed by atoms with Gasteiger partial charge in [-0.05, 0) is 35.2 Å². The molecule has 4 aromatic rings. The fourth-order valence-electron chi connectivity index (χ4n) is 3.52. The molecule has 3 aromatic heterocycles.